The molecule has 0 fully saturated rings. The number of carbonyl (C=O) groups is 2. The van der Waals surface area contributed by atoms with Crippen LogP contribution in [0.15, 0.2) is 14.0 Å². The summed E-state index contributed by atoms with van der Waals surface area (Å²) in [6.45, 7) is 1.68. The van der Waals surface area contributed by atoms with Crippen LogP contribution in [0.2, 0.25) is 0 Å². The van der Waals surface area contributed by atoms with Gasteiger partial charge >= 0.3 is 0 Å². The molecule has 2 aromatic rings. The van der Waals surface area contributed by atoms with Gasteiger partial charge in [-0.1, -0.05) is 34.9 Å². The molecule has 0 aliphatic heterocycles. The highest BCUT2D eigenvalue weighted by Gasteiger charge is 2.12. The highest BCUT2D eigenvalue weighted by Crippen LogP contribution is 2.25. The molecule has 0 atom stereocenters. The van der Waals surface area contributed by atoms with Crippen LogP contribution in [0.4, 0.5) is 5.13 Å². The molecule has 0 saturated carbocycles. The third-order valence-corrected chi connectivity index (χ3v) is 5.08. The van der Waals surface area contributed by atoms with E-state index < -0.39 is 0 Å². The van der Waals surface area contributed by atoms with Crippen molar-refractivity contribution < 1.29 is 14.0 Å². The van der Waals surface area contributed by atoms with E-state index in [1.165, 1.54) is 28.0 Å². The number of aryl methyl sites for hydroxylation is 1. The number of nitrogens with zero attached hydrogens (tertiary/aromatic N) is 5. The van der Waals surface area contributed by atoms with Crippen LogP contribution in [0.1, 0.15) is 5.89 Å². The van der Waals surface area contributed by atoms with E-state index in [9.17, 15) is 9.59 Å². The average Bonchev–Trinajstić information content (AvgIpc) is 3.11. The van der Waals surface area contributed by atoms with Crippen molar-refractivity contribution in [3.8, 4) is 0 Å². The van der Waals surface area contributed by atoms with Gasteiger partial charge in [-0.15, -0.1) is 20.4 Å². The fraction of sp³-hybridized carbons (Fsp3) is 0.455. The summed E-state index contributed by atoms with van der Waals surface area (Å²) in [5.74, 6) is 0.598. The molecule has 23 heavy (non-hydrogen) atoms. The van der Waals surface area contributed by atoms with Gasteiger partial charge in [0.15, 0.2) is 4.34 Å². The second-order valence-electron chi connectivity index (χ2n) is 4.37. The van der Waals surface area contributed by atoms with Crippen LogP contribution in [-0.4, -0.2) is 62.7 Å². The molecule has 0 aliphatic rings. The van der Waals surface area contributed by atoms with Crippen LogP contribution in [0.25, 0.3) is 0 Å². The van der Waals surface area contributed by atoms with Crippen LogP contribution >= 0.6 is 34.9 Å². The smallest absolute Gasteiger partial charge is 0.277 e. The number of carbonyl (C=O) groups excluding carboxylic acids is 2. The van der Waals surface area contributed by atoms with Gasteiger partial charge < -0.3 is 9.32 Å². The summed E-state index contributed by atoms with van der Waals surface area (Å²) < 4.78 is 5.78. The fourth-order valence-corrected chi connectivity index (χ4v) is 3.54. The van der Waals surface area contributed by atoms with Crippen LogP contribution < -0.4 is 5.32 Å². The lowest BCUT2D eigenvalue weighted by molar-refractivity contribution is -0.125. The number of hydrogen-bond donors (Lipinski definition) is 1. The third-order valence-electron chi connectivity index (χ3n) is 2.30. The van der Waals surface area contributed by atoms with E-state index in [2.05, 4.69) is 25.7 Å². The quantitative estimate of drug-likeness (QED) is 0.563. The predicted molar refractivity (Wildman–Crippen MR) is 87.7 cm³/mol. The molecule has 9 nitrogen and oxygen atoms in total. The highest BCUT2D eigenvalue weighted by molar-refractivity contribution is 8.01. The Kier molecular flexibility index (Phi) is 6.36. The van der Waals surface area contributed by atoms with Crippen molar-refractivity contribution in [2.75, 3.05) is 30.9 Å². The molecule has 124 valence electrons. The Hall–Kier alpha value is -1.66. The van der Waals surface area contributed by atoms with E-state index >= 15 is 0 Å². The van der Waals surface area contributed by atoms with Gasteiger partial charge in [-0.3, -0.25) is 14.9 Å². The van der Waals surface area contributed by atoms with Gasteiger partial charge in [0.2, 0.25) is 22.8 Å². The van der Waals surface area contributed by atoms with Gasteiger partial charge in [0.25, 0.3) is 5.22 Å². The van der Waals surface area contributed by atoms with Gasteiger partial charge in [-0.25, -0.2) is 0 Å². The van der Waals surface area contributed by atoms with Crippen LogP contribution in [0, 0.1) is 6.92 Å². The van der Waals surface area contributed by atoms with Gasteiger partial charge in [-0.2, -0.15) is 0 Å². The zero-order valence-corrected chi connectivity index (χ0v) is 15.0. The Labute approximate surface area is 144 Å². The van der Waals surface area contributed by atoms with E-state index in [0.717, 1.165) is 11.8 Å². The Morgan fingerprint density at radius 3 is 2.61 bits per heavy atom. The SMILES string of the molecule is Cc1nnc(SCC(=O)Nc2nnc(SCC(=O)N(C)C)s2)o1. The average molecular weight is 374 g/mol. The summed E-state index contributed by atoms with van der Waals surface area (Å²) in [5.41, 5.74) is 0. The molecule has 0 radical (unpaired) electrons. The molecule has 0 aliphatic carbocycles. The molecule has 2 aromatic heterocycles. The summed E-state index contributed by atoms with van der Waals surface area (Å²) >= 11 is 3.64. The number of rotatable bonds is 7. The van der Waals surface area contributed by atoms with Crippen LogP contribution in [0.5, 0.6) is 0 Å². The predicted octanol–water partition coefficient (Wildman–Crippen LogP) is 1.14. The van der Waals surface area contributed by atoms with Crippen molar-refractivity contribution in [2.24, 2.45) is 0 Å². The molecule has 12 heteroatoms. The molecular formula is C11H14N6O3S3. The number of nitrogens with one attached hydrogen (secondary N) is 1. The molecule has 0 unspecified atom stereocenters. The van der Waals surface area contributed by atoms with E-state index in [4.69, 9.17) is 4.42 Å². The first-order chi connectivity index (χ1) is 10.9. The summed E-state index contributed by atoms with van der Waals surface area (Å²) in [7, 11) is 3.38. The normalized spacial score (nSPS) is 10.6. The topological polar surface area (TPSA) is 114 Å². The van der Waals surface area contributed by atoms with E-state index in [-0.39, 0.29) is 23.3 Å². The van der Waals surface area contributed by atoms with Gasteiger partial charge in [0.05, 0.1) is 11.5 Å². The fourth-order valence-electron chi connectivity index (χ4n) is 1.19. The molecule has 0 bridgehead atoms. The van der Waals surface area contributed by atoms with Crippen molar-refractivity contribution in [1.29, 1.82) is 0 Å². The zero-order valence-electron chi connectivity index (χ0n) is 12.6. The lowest BCUT2D eigenvalue weighted by Crippen LogP contribution is -2.23. The first-order valence-corrected chi connectivity index (χ1v) is 9.12. The maximum Gasteiger partial charge on any atom is 0.277 e. The lowest BCUT2D eigenvalue weighted by atomic mass is 10.6. The van der Waals surface area contributed by atoms with Crippen LogP contribution in [-0.2, 0) is 9.59 Å². The first-order valence-electron chi connectivity index (χ1n) is 6.33. The molecule has 1 N–H and O–H groups in total. The van der Waals surface area contributed by atoms with Gasteiger partial charge in [0, 0.05) is 21.0 Å². The minimum Gasteiger partial charge on any atom is -0.416 e. The minimum absolute atomic E-state index is 0.0120. The Morgan fingerprint density at radius 2 is 1.96 bits per heavy atom. The number of anilines is 1. The van der Waals surface area contributed by atoms with Crippen molar-refractivity contribution in [2.45, 2.75) is 16.5 Å². The molecule has 2 heterocycles. The second-order valence-corrected chi connectivity index (χ2v) is 7.50. The number of amides is 2. The largest absolute Gasteiger partial charge is 0.416 e. The lowest BCUT2D eigenvalue weighted by Gasteiger charge is -2.07. The zero-order chi connectivity index (χ0) is 16.8. The van der Waals surface area contributed by atoms with Crippen LogP contribution in [0.3, 0.4) is 0 Å². The standard InChI is InChI=1S/C11H14N6O3S3/c1-6-13-15-10(20-6)21-4-7(18)12-9-14-16-11(23-9)22-5-8(19)17(2)3/h4-5H2,1-3H3,(H,12,14,18). The summed E-state index contributed by atoms with van der Waals surface area (Å²) in [6.07, 6.45) is 0. The highest BCUT2D eigenvalue weighted by atomic mass is 32.2. The van der Waals surface area contributed by atoms with E-state index in [1.54, 1.807) is 21.0 Å². The molecule has 2 amide bonds. The van der Waals surface area contributed by atoms with Crippen molar-refractivity contribution in [3.63, 3.8) is 0 Å². The monoisotopic (exact) mass is 374 g/mol. The molecule has 0 spiro atoms. The summed E-state index contributed by atoms with van der Waals surface area (Å²) in [6, 6.07) is 0. The van der Waals surface area contributed by atoms with Crippen molar-refractivity contribution in [1.82, 2.24) is 25.3 Å². The third kappa shape index (κ3) is 5.80. The number of aromatic nitrogens is 4. The molecular weight excluding hydrogens is 360 g/mol. The first kappa shape index (κ1) is 17.7. The Balaban J connectivity index is 1.77. The molecule has 0 aromatic carbocycles. The second kappa shape index (κ2) is 8.26. The maximum atomic E-state index is 11.8. The molecule has 2 rings (SSSR count). The number of thioether (sulfide) groups is 2. The van der Waals surface area contributed by atoms with E-state index in [0.29, 0.717) is 20.6 Å². The van der Waals surface area contributed by atoms with E-state index in [1.807, 2.05) is 0 Å². The van der Waals surface area contributed by atoms with Crippen molar-refractivity contribution in [3.05, 3.63) is 5.89 Å². The van der Waals surface area contributed by atoms with Gasteiger partial charge in [-0.05, 0) is 0 Å². The number of hydrogen-bond acceptors (Lipinski definition) is 10. The minimum atomic E-state index is -0.247. The Morgan fingerprint density at radius 1 is 1.17 bits per heavy atom. The summed E-state index contributed by atoms with van der Waals surface area (Å²) in [4.78, 5) is 24.8. The Bertz CT molecular complexity index is 686. The summed E-state index contributed by atoms with van der Waals surface area (Å²) in [5, 5.41) is 18.6. The van der Waals surface area contributed by atoms with Crippen molar-refractivity contribution >= 4 is 51.8 Å². The maximum absolute atomic E-state index is 11.8. The molecule has 0 saturated heterocycles. The van der Waals surface area contributed by atoms with Gasteiger partial charge in [0.1, 0.15) is 0 Å².